The Balaban J connectivity index is 1.73. The van der Waals surface area contributed by atoms with Crippen LogP contribution in [-0.2, 0) is 0 Å². The number of ketones is 1. The standard InChI is InChI=1S/C25H18N2O/c28-25(21-13-5-2-6-14-21)24(20-11-3-1-4-12-20)27-26-18-22-16-9-15-19-10-7-8-17-23(19)22/h1-18H/b26-18-,27-24-. The molecule has 4 aromatic rings. The first kappa shape index (κ1) is 17.6. The number of nitrogens with zero attached hydrogens (tertiary/aromatic N) is 2. The molecule has 0 spiro atoms. The number of hydrogen-bond acceptors (Lipinski definition) is 3. The zero-order valence-corrected chi connectivity index (χ0v) is 15.2. The van der Waals surface area contributed by atoms with Gasteiger partial charge in [0.05, 0.1) is 6.21 Å². The molecule has 0 bridgehead atoms. The Morgan fingerprint density at radius 1 is 0.643 bits per heavy atom. The molecular formula is C25H18N2O. The minimum atomic E-state index is -0.151. The molecule has 3 nitrogen and oxygen atoms in total. The molecule has 0 N–H and O–H groups in total. The van der Waals surface area contributed by atoms with Gasteiger partial charge >= 0.3 is 0 Å². The summed E-state index contributed by atoms with van der Waals surface area (Å²) in [6, 6.07) is 32.7. The molecule has 0 atom stereocenters. The van der Waals surface area contributed by atoms with Crippen LogP contribution in [0.5, 0.6) is 0 Å². The Labute approximate surface area is 163 Å². The summed E-state index contributed by atoms with van der Waals surface area (Å²) in [5.74, 6) is -0.151. The summed E-state index contributed by atoms with van der Waals surface area (Å²) in [7, 11) is 0. The summed E-state index contributed by atoms with van der Waals surface area (Å²) in [4.78, 5) is 13.0. The number of carbonyl (C=O) groups excluding carboxylic acids is 1. The fourth-order valence-corrected chi connectivity index (χ4v) is 3.07. The summed E-state index contributed by atoms with van der Waals surface area (Å²) >= 11 is 0. The number of benzene rings is 4. The average molecular weight is 362 g/mol. The topological polar surface area (TPSA) is 41.8 Å². The van der Waals surface area contributed by atoms with Crippen LogP contribution in [0.25, 0.3) is 10.8 Å². The monoisotopic (exact) mass is 362 g/mol. The third-order valence-electron chi connectivity index (χ3n) is 4.48. The molecule has 0 aliphatic heterocycles. The van der Waals surface area contributed by atoms with Crippen molar-refractivity contribution >= 4 is 28.5 Å². The SMILES string of the molecule is O=C(/C(=N\N=C/c1cccc2ccccc12)c1ccccc1)c1ccccc1. The highest BCUT2D eigenvalue weighted by atomic mass is 16.1. The lowest BCUT2D eigenvalue weighted by molar-refractivity contribution is 0.106. The molecule has 28 heavy (non-hydrogen) atoms. The Morgan fingerprint density at radius 2 is 1.25 bits per heavy atom. The highest BCUT2D eigenvalue weighted by Gasteiger charge is 2.16. The van der Waals surface area contributed by atoms with Crippen molar-refractivity contribution in [1.29, 1.82) is 0 Å². The summed E-state index contributed by atoms with van der Waals surface area (Å²) in [6.45, 7) is 0. The lowest BCUT2D eigenvalue weighted by Gasteiger charge is -2.05. The van der Waals surface area contributed by atoms with Crippen LogP contribution in [0.2, 0.25) is 0 Å². The Hall–Kier alpha value is -3.85. The molecule has 3 heteroatoms. The fraction of sp³-hybridized carbons (Fsp3) is 0. The zero-order valence-electron chi connectivity index (χ0n) is 15.2. The van der Waals surface area contributed by atoms with E-state index in [-0.39, 0.29) is 5.78 Å². The maximum absolute atomic E-state index is 13.0. The largest absolute Gasteiger partial charge is 0.287 e. The van der Waals surface area contributed by atoms with Crippen molar-refractivity contribution in [3.8, 4) is 0 Å². The molecule has 0 aromatic heterocycles. The first-order valence-electron chi connectivity index (χ1n) is 9.07. The van der Waals surface area contributed by atoms with Crippen LogP contribution in [0, 0.1) is 0 Å². The van der Waals surface area contributed by atoms with Crippen LogP contribution in [0.15, 0.2) is 113 Å². The van der Waals surface area contributed by atoms with Gasteiger partial charge < -0.3 is 0 Å². The third kappa shape index (κ3) is 3.79. The van der Waals surface area contributed by atoms with Crippen molar-refractivity contribution in [3.63, 3.8) is 0 Å². The predicted molar refractivity (Wildman–Crippen MR) is 115 cm³/mol. The van der Waals surface area contributed by atoms with Gasteiger partial charge in [0.25, 0.3) is 0 Å². The maximum Gasteiger partial charge on any atom is 0.213 e. The van der Waals surface area contributed by atoms with E-state index < -0.39 is 0 Å². The van der Waals surface area contributed by atoms with Gasteiger partial charge in [-0.3, -0.25) is 4.79 Å². The summed E-state index contributed by atoms with van der Waals surface area (Å²) in [5, 5.41) is 10.8. The molecule has 0 aliphatic rings. The van der Waals surface area contributed by atoms with Crippen LogP contribution >= 0.6 is 0 Å². The van der Waals surface area contributed by atoms with Gasteiger partial charge in [-0.25, -0.2) is 0 Å². The smallest absolute Gasteiger partial charge is 0.213 e. The van der Waals surface area contributed by atoms with E-state index in [9.17, 15) is 4.79 Å². The van der Waals surface area contributed by atoms with E-state index in [0.29, 0.717) is 11.3 Å². The quantitative estimate of drug-likeness (QED) is 0.261. The predicted octanol–water partition coefficient (Wildman–Crippen LogP) is 5.55. The van der Waals surface area contributed by atoms with Gasteiger partial charge in [0.2, 0.25) is 5.78 Å². The normalized spacial score (nSPS) is 11.8. The first-order chi connectivity index (χ1) is 13.8. The summed E-state index contributed by atoms with van der Waals surface area (Å²) in [5.41, 5.74) is 2.61. The molecule has 0 fully saturated rings. The van der Waals surface area contributed by atoms with Crippen molar-refractivity contribution in [1.82, 2.24) is 0 Å². The number of Topliss-reactive ketones (excluding diaryl/α,β-unsaturated/α-hetero) is 1. The molecular weight excluding hydrogens is 344 g/mol. The molecule has 0 saturated heterocycles. The van der Waals surface area contributed by atoms with Crippen molar-refractivity contribution in [2.45, 2.75) is 0 Å². The van der Waals surface area contributed by atoms with Crippen LogP contribution in [0.1, 0.15) is 21.5 Å². The van der Waals surface area contributed by atoms with Gasteiger partial charge in [-0.05, 0) is 10.8 Å². The van der Waals surface area contributed by atoms with Gasteiger partial charge in [0.15, 0.2) is 0 Å². The lowest BCUT2D eigenvalue weighted by atomic mass is 10.0. The van der Waals surface area contributed by atoms with Crippen LogP contribution in [0.3, 0.4) is 0 Å². The molecule has 0 heterocycles. The minimum Gasteiger partial charge on any atom is -0.287 e. The third-order valence-corrected chi connectivity index (χ3v) is 4.48. The lowest BCUT2D eigenvalue weighted by Crippen LogP contribution is -2.15. The second-order valence-corrected chi connectivity index (χ2v) is 6.32. The van der Waals surface area contributed by atoms with E-state index >= 15 is 0 Å². The van der Waals surface area contributed by atoms with Gasteiger partial charge in [-0.2, -0.15) is 5.10 Å². The molecule has 4 rings (SSSR count). The van der Waals surface area contributed by atoms with E-state index in [4.69, 9.17) is 0 Å². The maximum atomic E-state index is 13.0. The second-order valence-electron chi connectivity index (χ2n) is 6.32. The van der Waals surface area contributed by atoms with Gasteiger partial charge in [-0.1, -0.05) is 103 Å². The Morgan fingerprint density at radius 3 is 2.00 bits per heavy atom. The average Bonchev–Trinajstić information content (AvgIpc) is 2.77. The van der Waals surface area contributed by atoms with E-state index in [0.717, 1.165) is 21.9 Å². The van der Waals surface area contributed by atoms with E-state index in [1.54, 1.807) is 18.3 Å². The van der Waals surface area contributed by atoms with E-state index in [2.05, 4.69) is 22.3 Å². The van der Waals surface area contributed by atoms with Crippen LogP contribution < -0.4 is 0 Å². The van der Waals surface area contributed by atoms with Crippen molar-refractivity contribution in [2.75, 3.05) is 0 Å². The Bertz CT molecular complexity index is 1160. The van der Waals surface area contributed by atoms with E-state index in [1.165, 1.54) is 0 Å². The molecule has 0 saturated carbocycles. The highest BCUT2D eigenvalue weighted by Crippen LogP contribution is 2.17. The van der Waals surface area contributed by atoms with Gasteiger partial charge in [-0.15, -0.1) is 5.10 Å². The minimum absolute atomic E-state index is 0.151. The fourth-order valence-electron chi connectivity index (χ4n) is 3.07. The van der Waals surface area contributed by atoms with Crippen molar-refractivity contribution < 1.29 is 4.79 Å². The number of hydrogen-bond donors (Lipinski definition) is 0. The first-order valence-corrected chi connectivity index (χ1v) is 9.07. The Kier molecular flexibility index (Phi) is 5.16. The number of carbonyl (C=O) groups is 1. The van der Waals surface area contributed by atoms with Gasteiger partial charge in [0, 0.05) is 16.7 Å². The molecule has 4 aromatic carbocycles. The molecule has 0 radical (unpaired) electrons. The van der Waals surface area contributed by atoms with Gasteiger partial charge in [0.1, 0.15) is 5.71 Å². The van der Waals surface area contributed by atoms with Crippen molar-refractivity contribution in [3.05, 3.63) is 120 Å². The van der Waals surface area contributed by atoms with Crippen LogP contribution in [0.4, 0.5) is 0 Å². The number of fused-ring (bicyclic) bond motifs is 1. The zero-order chi connectivity index (χ0) is 19.2. The van der Waals surface area contributed by atoms with E-state index in [1.807, 2.05) is 78.9 Å². The number of rotatable bonds is 5. The second kappa shape index (κ2) is 8.23. The molecule has 0 amide bonds. The summed E-state index contributed by atoms with van der Waals surface area (Å²) in [6.07, 6.45) is 1.70. The molecule has 134 valence electrons. The van der Waals surface area contributed by atoms with Crippen molar-refractivity contribution in [2.24, 2.45) is 10.2 Å². The molecule has 0 unspecified atom stereocenters. The highest BCUT2D eigenvalue weighted by molar-refractivity contribution is 6.51. The van der Waals surface area contributed by atoms with Crippen LogP contribution in [-0.4, -0.2) is 17.7 Å². The summed E-state index contributed by atoms with van der Waals surface area (Å²) < 4.78 is 0. The molecule has 0 aliphatic carbocycles.